The molecule has 4 aromatic rings. The lowest BCUT2D eigenvalue weighted by Gasteiger charge is -2.18. The van der Waals surface area contributed by atoms with Gasteiger partial charge in [0, 0.05) is 35.2 Å². The number of benzene rings is 4. The molecule has 0 bridgehead atoms. The Labute approximate surface area is 239 Å². The summed E-state index contributed by atoms with van der Waals surface area (Å²) in [5, 5.41) is 16.4. The van der Waals surface area contributed by atoms with Crippen molar-refractivity contribution in [1.29, 1.82) is 0 Å². The second-order valence-corrected chi connectivity index (χ2v) is 9.81. The molecular weight excluding hydrogens is 516 g/mol. The van der Waals surface area contributed by atoms with E-state index >= 15 is 0 Å². The van der Waals surface area contributed by atoms with E-state index in [0.29, 0.717) is 35.6 Å². The first-order valence-electron chi connectivity index (χ1n) is 13.6. The third-order valence-electron chi connectivity index (χ3n) is 6.95. The Morgan fingerprint density at radius 2 is 1.56 bits per heavy atom. The number of ketones is 1. The fourth-order valence-electron chi connectivity index (χ4n) is 4.73. The summed E-state index contributed by atoms with van der Waals surface area (Å²) in [5.74, 6) is 0.387. The number of carbonyl (C=O) groups is 2. The van der Waals surface area contributed by atoms with Gasteiger partial charge in [0.05, 0.1) is 12.3 Å². The highest BCUT2D eigenvalue weighted by Crippen LogP contribution is 2.28. The van der Waals surface area contributed by atoms with E-state index in [1.165, 1.54) is 0 Å². The first-order valence-corrected chi connectivity index (χ1v) is 13.6. The van der Waals surface area contributed by atoms with Crippen molar-refractivity contribution in [2.45, 2.75) is 32.0 Å². The van der Waals surface area contributed by atoms with Gasteiger partial charge < -0.3 is 25.2 Å². The number of hydrogen-bond donors (Lipinski definition) is 3. The molecule has 1 aliphatic rings. The summed E-state index contributed by atoms with van der Waals surface area (Å²) in [6, 6.07) is 32.4. The zero-order valence-corrected chi connectivity index (χ0v) is 22.7. The smallest absolute Gasteiger partial charge is 0.326 e. The number of carboxylic acid groups (broad SMARTS) is 1. The fraction of sp³-hybridized carbons (Fsp3) is 0.176. The van der Waals surface area contributed by atoms with Gasteiger partial charge in [-0.05, 0) is 36.8 Å². The third-order valence-corrected chi connectivity index (χ3v) is 6.95. The maximum Gasteiger partial charge on any atom is 0.326 e. The van der Waals surface area contributed by atoms with Gasteiger partial charge in [0.25, 0.3) is 0 Å². The molecule has 2 atom stereocenters. The number of allylic oxidation sites excluding steroid dienone is 1. The number of ether oxygens (including phenoxy) is 2. The van der Waals surface area contributed by atoms with Crippen LogP contribution in [0.2, 0.25) is 0 Å². The van der Waals surface area contributed by atoms with Gasteiger partial charge in [0.15, 0.2) is 12.0 Å². The summed E-state index contributed by atoms with van der Waals surface area (Å²) >= 11 is 0. The van der Waals surface area contributed by atoms with Crippen LogP contribution in [0.5, 0.6) is 5.75 Å². The molecule has 1 heterocycles. The molecular formula is C34H32N2O5. The summed E-state index contributed by atoms with van der Waals surface area (Å²) in [5.41, 5.74) is 4.37. The van der Waals surface area contributed by atoms with Crippen LogP contribution in [0.25, 0.3) is 0 Å². The predicted molar refractivity (Wildman–Crippen MR) is 158 cm³/mol. The molecule has 0 saturated heterocycles. The monoisotopic (exact) mass is 548 g/mol. The molecule has 0 spiro atoms. The normalized spacial score (nSPS) is 15.0. The zero-order valence-electron chi connectivity index (χ0n) is 22.7. The molecule has 4 aromatic carbocycles. The number of anilines is 1. The Balaban J connectivity index is 1.16. The van der Waals surface area contributed by atoms with Crippen molar-refractivity contribution < 1.29 is 24.2 Å². The van der Waals surface area contributed by atoms with E-state index in [2.05, 4.69) is 10.6 Å². The molecule has 41 heavy (non-hydrogen) atoms. The fourth-order valence-corrected chi connectivity index (χ4v) is 4.73. The molecule has 1 aliphatic heterocycles. The minimum Gasteiger partial charge on any atom is -0.493 e. The first-order chi connectivity index (χ1) is 20.0. The summed E-state index contributed by atoms with van der Waals surface area (Å²) in [7, 11) is 0. The number of nitrogens with one attached hydrogen (secondary N) is 2. The Kier molecular flexibility index (Phi) is 8.64. The molecule has 0 amide bonds. The Bertz CT molecular complexity index is 1520. The average Bonchev–Trinajstić information content (AvgIpc) is 3.38. The molecule has 0 aliphatic carbocycles. The highest BCUT2D eigenvalue weighted by molar-refractivity contribution is 6.12. The molecule has 0 radical (unpaired) electrons. The van der Waals surface area contributed by atoms with Crippen LogP contribution in [0.1, 0.15) is 46.6 Å². The molecule has 0 saturated carbocycles. The van der Waals surface area contributed by atoms with Crippen LogP contribution in [-0.2, 0) is 16.0 Å². The zero-order chi connectivity index (χ0) is 28.6. The van der Waals surface area contributed by atoms with Crippen LogP contribution < -0.4 is 15.4 Å². The van der Waals surface area contributed by atoms with Gasteiger partial charge in [-0.15, -0.1) is 0 Å². The van der Waals surface area contributed by atoms with Gasteiger partial charge in [0.2, 0.25) is 0 Å². The van der Waals surface area contributed by atoms with Crippen molar-refractivity contribution in [1.82, 2.24) is 5.32 Å². The predicted octanol–water partition coefficient (Wildman–Crippen LogP) is 6.34. The van der Waals surface area contributed by atoms with Crippen LogP contribution in [0, 0.1) is 0 Å². The summed E-state index contributed by atoms with van der Waals surface area (Å²) in [6.07, 6.45) is 0.713. The lowest BCUT2D eigenvalue weighted by atomic mass is 10.00. The SMILES string of the molecule is CC1=C(CCOc2ccc(C[C@H](Nc3ccccc3C(=O)c3ccccc3)C(=O)O)cc2)NC(c2ccccc2)O1. The largest absolute Gasteiger partial charge is 0.493 e. The van der Waals surface area contributed by atoms with Crippen molar-refractivity contribution in [3.8, 4) is 5.75 Å². The average molecular weight is 549 g/mol. The van der Waals surface area contributed by atoms with Crippen molar-refractivity contribution >= 4 is 17.4 Å². The highest BCUT2D eigenvalue weighted by Gasteiger charge is 2.24. The van der Waals surface area contributed by atoms with E-state index in [-0.39, 0.29) is 18.4 Å². The minimum atomic E-state index is -1.00. The molecule has 0 aromatic heterocycles. The van der Waals surface area contributed by atoms with Crippen LogP contribution in [0.3, 0.4) is 0 Å². The summed E-state index contributed by atoms with van der Waals surface area (Å²) < 4.78 is 11.9. The standard InChI is InChI=1S/C34H32N2O5/c1-23-29(36-33(41-23)26-12-6-3-7-13-26)20-21-40-27-18-16-24(17-19-27)22-31(34(38)39)35-30-15-9-8-14-28(30)32(37)25-10-4-2-5-11-25/h2-19,31,33,35-36H,20-22H2,1H3,(H,38,39)/t31-,33?/m0/s1. The van der Waals surface area contributed by atoms with E-state index in [1.54, 1.807) is 48.5 Å². The second-order valence-electron chi connectivity index (χ2n) is 9.81. The van der Waals surface area contributed by atoms with E-state index in [4.69, 9.17) is 9.47 Å². The highest BCUT2D eigenvalue weighted by atomic mass is 16.5. The number of rotatable bonds is 12. The molecule has 0 fully saturated rings. The van der Waals surface area contributed by atoms with Crippen molar-refractivity contribution in [2.75, 3.05) is 11.9 Å². The summed E-state index contributed by atoms with van der Waals surface area (Å²) in [4.78, 5) is 25.2. The topological polar surface area (TPSA) is 96.9 Å². The van der Waals surface area contributed by atoms with Crippen molar-refractivity contribution in [3.05, 3.63) is 143 Å². The Morgan fingerprint density at radius 1 is 0.902 bits per heavy atom. The van der Waals surface area contributed by atoms with Gasteiger partial charge in [-0.25, -0.2) is 4.79 Å². The molecule has 7 nitrogen and oxygen atoms in total. The van der Waals surface area contributed by atoms with Gasteiger partial charge in [-0.1, -0.05) is 84.9 Å². The van der Waals surface area contributed by atoms with Crippen molar-refractivity contribution in [3.63, 3.8) is 0 Å². The lowest BCUT2D eigenvalue weighted by molar-refractivity contribution is -0.137. The van der Waals surface area contributed by atoms with Crippen LogP contribution >= 0.6 is 0 Å². The molecule has 7 heteroatoms. The number of aliphatic carboxylic acids is 1. The van der Waals surface area contributed by atoms with E-state index in [1.807, 2.05) is 67.6 Å². The number of carbonyl (C=O) groups excluding carboxylic acids is 1. The quantitative estimate of drug-likeness (QED) is 0.178. The molecule has 5 rings (SSSR count). The van der Waals surface area contributed by atoms with Crippen molar-refractivity contribution in [2.24, 2.45) is 0 Å². The van der Waals surface area contributed by atoms with Crippen LogP contribution in [0.4, 0.5) is 5.69 Å². The Hall–Kier alpha value is -5.04. The first kappa shape index (κ1) is 27.5. The van der Waals surface area contributed by atoms with Gasteiger partial charge in [-0.3, -0.25) is 4.79 Å². The Morgan fingerprint density at radius 3 is 2.27 bits per heavy atom. The van der Waals surface area contributed by atoms with Gasteiger partial charge in [-0.2, -0.15) is 0 Å². The third kappa shape index (κ3) is 6.94. The molecule has 208 valence electrons. The van der Waals surface area contributed by atoms with E-state index in [9.17, 15) is 14.7 Å². The number of para-hydroxylation sites is 1. The van der Waals surface area contributed by atoms with Gasteiger partial charge in [0.1, 0.15) is 17.6 Å². The van der Waals surface area contributed by atoms with Crippen LogP contribution in [-0.4, -0.2) is 29.5 Å². The molecule has 3 N–H and O–H groups in total. The maximum absolute atomic E-state index is 13.1. The number of carboxylic acids is 1. The minimum absolute atomic E-state index is 0.166. The van der Waals surface area contributed by atoms with E-state index in [0.717, 1.165) is 22.6 Å². The van der Waals surface area contributed by atoms with Crippen LogP contribution in [0.15, 0.2) is 121 Å². The second kappa shape index (κ2) is 12.9. The van der Waals surface area contributed by atoms with Gasteiger partial charge >= 0.3 is 5.97 Å². The molecule has 1 unspecified atom stereocenters. The lowest BCUT2D eigenvalue weighted by Crippen LogP contribution is -2.32. The summed E-state index contributed by atoms with van der Waals surface area (Å²) in [6.45, 7) is 2.42. The van der Waals surface area contributed by atoms with E-state index < -0.39 is 12.0 Å². The number of hydrogen-bond acceptors (Lipinski definition) is 6. The maximum atomic E-state index is 13.1.